The minimum absolute atomic E-state index is 0.0717. The Hall–Kier alpha value is -2.85. The summed E-state index contributed by atoms with van der Waals surface area (Å²) in [6.45, 7) is 1.13. The monoisotopic (exact) mass is 490 g/mol. The summed E-state index contributed by atoms with van der Waals surface area (Å²) in [4.78, 5) is -0.0717. The first-order chi connectivity index (χ1) is 15.7. The normalized spacial score (nSPS) is 13.7. The van der Waals surface area contributed by atoms with E-state index in [4.69, 9.17) is 8.92 Å². The van der Waals surface area contributed by atoms with Crippen molar-refractivity contribution < 1.29 is 31.2 Å². The average molecular weight is 491 g/mol. The van der Waals surface area contributed by atoms with Crippen molar-refractivity contribution >= 4 is 31.5 Å². The van der Waals surface area contributed by atoms with Gasteiger partial charge in [0, 0.05) is 10.1 Å². The standard InChI is InChI=1S/C24H20F2O5S2/c1-15-5-7-18(8-6-15)33(28,29)30-14-21(27)23(16-3-2-4-17(25)13-16)31-24-19-11-12-32-22(19)10-9-20(24)26/h2-13,21,23,27H,14H2,1H3/t21-,23+/m1/s1. The van der Waals surface area contributed by atoms with Gasteiger partial charge in [-0.05, 0) is 60.3 Å². The van der Waals surface area contributed by atoms with Gasteiger partial charge in [-0.2, -0.15) is 8.42 Å². The summed E-state index contributed by atoms with van der Waals surface area (Å²) < 4.78 is 65.2. The summed E-state index contributed by atoms with van der Waals surface area (Å²) in [6, 6.07) is 15.8. The van der Waals surface area contributed by atoms with Crippen molar-refractivity contribution in [3.63, 3.8) is 0 Å². The van der Waals surface area contributed by atoms with E-state index in [0.717, 1.165) is 16.3 Å². The van der Waals surface area contributed by atoms with Gasteiger partial charge in [-0.3, -0.25) is 4.18 Å². The highest BCUT2D eigenvalue weighted by molar-refractivity contribution is 7.86. The van der Waals surface area contributed by atoms with Crippen molar-refractivity contribution in [1.82, 2.24) is 0 Å². The van der Waals surface area contributed by atoms with Gasteiger partial charge in [-0.15, -0.1) is 11.3 Å². The molecule has 0 bridgehead atoms. The first-order valence-corrected chi connectivity index (χ1v) is 12.3. The number of hydrogen-bond donors (Lipinski definition) is 1. The van der Waals surface area contributed by atoms with Crippen LogP contribution in [0, 0.1) is 18.6 Å². The summed E-state index contributed by atoms with van der Waals surface area (Å²) in [5.41, 5.74) is 1.07. The Morgan fingerprint density at radius 2 is 1.79 bits per heavy atom. The molecule has 0 aliphatic rings. The van der Waals surface area contributed by atoms with Gasteiger partial charge < -0.3 is 9.84 Å². The molecule has 0 spiro atoms. The van der Waals surface area contributed by atoms with Crippen LogP contribution in [0.15, 0.2) is 77.0 Å². The second-order valence-corrected chi connectivity index (χ2v) is 9.98. The molecule has 0 saturated carbocycles. The lowest BCUT2D eigenvalue weighted by molar-refractivity contribution is 0.00534. The van der Waals surface area contributed by atoms with Crippen molar-refractivity contribution in [2.24, 2.45) is 0 Å². The Morgan fingerprint density at radius 3 is 2.52 bits per heavy atom. The molecule has 0 aliphatic carbocycles. The van der Waals surface area contributed by atoms with Gasteiger partial charge in [0.2, 0.25) is 0 Å². The molecule has 1 aromatic heterocycles. The molecule has 0 radical (unpaired) electrons. The lowest BCUT2D eigenvalue weighted by atomic mass is 10.0. The molecule has 172 valence electrons. The summed E-state index contributed by atoms with van der Waals surface area (Å²) in [7, 11) is -4.16. The molecule has 0 aliphatic heterocycles. The summed E-state index contributed by atoms with van der Waals surface area (Å²) in [5, 5.41) is 13.1. The Bertz CT molecular complexity index is 1370. The molecule has 0 unspecified atom stereocenters. The molecule has 0 amide bonds. The van der Waals surface area contributed by atoms with Crippen molar-refractivity contribution in [3.8, 4) is 5.75 Å². The average Bonchev–Trinajstić information content (AvgIpc) is 3.26. The molecular formula is C24H20F2O5S2. The van der Waals surface area contributed by atoms with Crippen LogP contribution in [0.4, 0.5) is 8.78 Å². The van der Waals surface area contributed by atoms with Crippen LogP contribution in [-0.2, 0) is 14.3 Å². The lowest BCUT2D eigenvalue weighted by Crippen LogP contribution is -2.30. The zero-order valence-corrected chi connectivity index (χ0v) is 19.1. The number of aryl methyl sites for hydroxylation is 1. The first kappa shape index (κ1) is 23.3. The molecule has 33 heavy (non-hydrogen) atoms. The number of benzene rings is 3. The number of fused-ring (bicyclic) bond motifs is 1. The fourth-order valence-electron chi connectivity index (χ4n) is 3.31. The molecule has 3 aromatic carbocycles. The maximum Gasteiger partial charge on any atom is 0.297 e. The minimum Gasteiger partial charge on any atom is -0.479 e. The molecule has 9 heteroatoms. The maximum atomic E-state index is 14.6. The van der Waals surface area contributed by atoms with Crippen LogP contribution < -0.4 is 4.74 Å². The van der Waals surface area contributed by atoms with Crippen molar-refractivity contribution in [2.45, 2.75) is 24.0 Å². The van der Waals surface area contributed by atoms with E-state index in [1.54, 1.807) is 29.6 Å². The SMILES string of the molecule is Cc1ccc(S(=O)(=O)OC[C@@H](O)[C@@H](Oc2c(F)ccc3sccc23)c2cccc(F)c2)cc1. The quantitative estimate of drug-likeness (QED) is 0.336. The number of aliphatic hydroxyl groups excluding tert-OH is 1. The van der Waals surface area contributed by atoms with E-state index >= 15 is 0 Å². The lowest BCUT2D eigenvalue weighted by Gasteiger charge is -2.25. The number of hydrogen-bond acceptors (Lipinski definition) is 6. The second kappa shape index (κ2) is 9.56. The number of ether oxygens (including phenoxy) is 1. The fourth-order valence-corrected chi connectivity index (χ4v) is 5.02. The van der Waals surface area contributed by atoms with Crippen LogP contribution in [0.2, 0.25) is 0 Å². The molecular weight excluding hydrogens is 470 g/mol. The number of rotatable bonds is 8. The van der Waals surface area contributed by atoms with Crippen molar-refractivity contribution in [2.75, 3.05) is 6.61 Å². The van der Waals surface area contributed by atoms with E-state index in [1.807, 2.05) is 6.92 Å². The van der Waals surface area contributed by atoms with Crippen LogP contribution in [0.3, 0.4) is 0 Å². The van der Waals surface area contributed by atoms with Crippen LogP contribution in [0.5, 0.6) is 5.75 Å². The fraction of sp³-hybridized carbons (Fsp3) is 0.167. The Kier molecular flexibility index (Phi) is 6.76. The second-order valence-electron chi connectivity index (χ2n) is 7.42. The molecule has 4 aromatic rings. The highest BCUT2D eigenvalue weighted by Gasteiger charge is 2.28. The Morgan fingerprint density at radius 1 is 1.03 bits per heavy atom. The van der Waals surface area contributed by atoms with Gasteiger partial charge >= 0.3 is 0 Å². The number of halogens is 2. The van der Waals surface area contributed by atoms with E-state index < -0.39 is 40.6 Å². The van der Waals surface area contributed by atoms with Gasteiger partial charge in [-0.1, -0.05) is 29.8 Å². The van der Waals surface area contributed by atoms with Crippen molar-refractivity contribution in [3.05, 3.63) is 94.9 Å². The topological polar surface area (TPSA) is 72.8 Å². The summed E-state index contributed by atoms with van der Waals surface area (Å²) in [6.07, 6.45) is -2.85. The van der Waals surface area contributed by atoms with Gasteiger partial charge in [0.05, 0.1) is 11.5 Å². The van der Waals surface area contributed by atoms with E-state index in [1.165, 1.54) is 47.7 Å². The van der Waals surface area contributed by atoms with Gasteiger partial charge in [-0.25, -0.2) is 8.78 Å². The summed E-state index contributed by atoms with van der Waals surface area (Å²) >= 11 is 1.38. The zero-order chi connectivity index (χ0) is 23.6. The Balaban J connectivity index is 1.63. The molecule has 0 saturated heterocycles. The van der Waals surface area contributed by atoms with E-state index in [0.29, 0.717) is 5.39 Å². The largest absolute Gasteiger partial charge is 0.479 e. The highest BCUT2D eigenvalue weighted by Crippen LogP contribution is 2.36. The number of aliphatic hydroxyl groups is 1. The van der Waals surface area contributed by atoms with E-state index in [2.05, 4.69) is 0 Å². The highest BCUT2D eigenvalue weighted by atomic mass is 32.2. The van der Waals surface area contributed by atoms with E-state index in [-0.39, 0.29) is 16.2 Å². The van der Waals surface area contributed by atoms with Crippen LogP contribution in [0.25, 0.3) is 10.1 Å². The zero-order valence-electron chi connectivity index (χ0n) is 17.4. The van der Waals surface area contributed by atoms with Crippen molar-refractivity contribution in [1.29, 1.82) is 0 Å². The number of thiophene rings is 1. The third-order valence-electron chi connectivity index (χ3n) is 5.01. The molecule has 2 atom stereocenters. The van der Waals surface area contributed by atoms with Gasteiger partial charge in [0.25, 0.3) is 10.1 Å². The van der Waals surface area contributed by atoms with Gasteiger partial charge in [0.15, 0.2) is 17.7 Å². The molecule has 1 heterocycles. The molecule has 4 rings (SSSR count). The van der Waals surface area contributed by atoms with E-state index in [9.17, 15) is 22.3 Å². The molecule has 5 nitrogen and oxygen atoms in total. The summed E-state index contributed by atoms with van der Waals surface area (Å²) in [5.74, 6) is -1.37. The Labute approximate surface area is 194 Å². The molecule has 1 N–H and O–H groups in total. The van der Waals surface area contributed by atoms with Crippen LogP contribution >= 0.6 is 11.3 Å². The smallest absolute Gasteiger partial charge is 0.297 e. The van der Waals surface area contributed by atoms with Gasteiger partial charge in [0.1, 0.15) is 11.9 Å². The first-order valence-electron chi connectivity index (χ1n) is 9.96. The van der Waals surface area contributed by atoms with Crippen LogP contribution in [-0.4, -0.2) is 26.2 Å². The predicted octanol–water partition coefficient (Wildman–Crippen LogP) is 5.37. The molecule has 0 fully saturated rings. The third kappa shape index (κ3) is 5.22. The minimum atomic E-state index is -4.16. The predicted molar refractivity (Wildman–Crippen MR) is 122 cm³/mol. The maximum absolute atomic E-state index is 14.6. The third-order valence-corrected chi connectivity index (χ3v) is 7.19. The van der Waals surface area contributed by atoms with Crippen LogP contribution in [0.1, 0.15) is 17.2 Å².